The maximum absolute atomic E-state index is 13.4. The van der Waals surface area contributed by atoms with Gasteiger partial charge in [-0.25, -0.2) is 0 Å². The van der Waals surface area contributed by atoms with Gasteiger partial charge in [0.15, 0.2) is 0 Å². The summed E-state index contributed by atoms with van der Waals surface area (Å²) in [7, 11) is 3.73. The molecular formula is C23H26N6O2. The van der Waals surface area contributed by atoms with Gasteiger partial charge in [0.05, 0.1) is 40.7 Å². The molecule has 0 aliphatic carbocycles. The van der Waals surface area contributed by atoms with Gasteiger partial charge in [-0.3, -0.25) is 9.36 Å². The number of para-hydroxylation sites is 2. The Kier molecular flexibility index (Phi) is 5.70. The fourth-order valence-electron chi connectivity index (χ4n) is 3.62. The molecule has 2 aromatic carbocycles. The minimum atomic E-state index is -0.119. The van der Waals surface area contributed by atoms with E-state index in [1.807, 2.05) is 67.9 Å². The number of nitrogens with zero attached hydrogens (tertiary/aromatic N) is 6. The molecule has 8 heteroatoms. The van der Waals surface area contributed by atoms with Crippen LogP contribution in [-0.2, 0) is 7.05 Å². The van der Waals surface area contributed by atoms with Gasteiger partial charge in [0.2, 0.25) is 0 Å². The molecule has 0 aliphatic heterocycles. The summed E-state index contributed by atoms with van der Waals surface area (Å²) < 4.78 is 7.96. The number of rotatable bonds is 7. The van der Waals surface area contributed by atoms with E-state index in [1.54, 1.807) is 24.3 Å². The van der Waals surface area contributed by atoms with Crippen molar-refractivity contribution < 1.29 is 9.53 Å². The zero-order valence-corrected chi connectivity index (χ0v) is 18.2. The predicted octanol–water partition coefficient (Wildman–Crippen LogP) is 3.39. The highest BCUT2D eigenvalue weighted by Gasteiger charge is 2.24. The molecule has 0 fully saturated rings. The molecule has 8 nitrogen and oxygen atoms in total. The van der Waals surface area contributed by atoms with Crippen molar-refractivity contribution in [2.24, 2.45) is 7.05 Å². The van der Waals surface area contributed by atoms with E-state index < -0.39 is 0 Å². The summed E-state index contributed by atoms with van der Waals surface area (Å²) in [5.41, 5.74) is 4.09. The van der Waals surface area contributed by atoms with E-state index >= 15 is 0 Å². The molecule has 4 rings (SSSR count). The lowest BCUT2D eigenvalue weighted by Crippen LogP contribution is -2.41. The number of amides is 1. The maximum Gasteiger partial charge on any atom is 0.297 e. The molecule has 0 unspecified atom stereocenters. The number of carbonyl (C=O) groups excluding carboxylic acids is 1. The zero-order chi connectivity index (χ0) is 22.0. The molecule has 1 atom stereocenters. The van der Waals surface area contributed by atoms with Gasteiger partial charge in [0.25, 0.3) is 11.9 Å². The summed E-state index contributed by atoms with van der Waals surface area (Å²) in [6.45, 7) is 4.35. The van der Waals surface area contributed by atoms with Crippen LogP contribution < -0.4 is 4.74 Å². The first-order valence-corrected chi connectivity index (χ1v) is 10.3. The van der Waals surface area contributed by atoms with Crippen molar-refractivity contribution in [3.05, 3.63) is 66.0 Å². The fraction of sp³-hybridized carbons (Fsp3) is 0.304. The zero-order valence-electron chi connectivity index (χ0n) is 18.2. The Balaban J connectivity index is 1.55. The van der Waals surface area contributed by atoms with E-state index in [2.05, 4.69) is 15.2 Å². The van der Waals surface area contributed by atoms with Gasteiger partial charge in [-0.15, -0.1) is 0 Å². The molecule has 2 heterocycles. The van der Waals surface area contributed by atoms with Crippen LogP contribution >= 0.6 is 0 Å². The third kappa shape index (κ3) is 4.01. The Morgan fingerprint density at radius 3 is 2.61 bits per heavy atom. The quantitative estimate of drug-likeness (QED) is 0.460. The van der Waals surface area contributed by atoms with Crippen molar-refractivity contribution in [2.45, 2.75) is 26.3 Å². The first-order valence-electron chi connectivity index (χ1n) is 10.3. The Morgan fingerprint density at radius 2 is 1.90 bits per heavy atom. The average molecular weight is 419 g/mol. The Labute approximate surface area is 181 Å². The highest BCUT2D eigenvalue weighted by atomic mass is 16.5. The number of ether oxygens (including phenoxy) is 1. The first-order chi connectivity index (χ1) is 15.0. The number of aryl methyl sites for hydroxylation is 2. The van der Waals surface area contributed by atoms with Gasteiger partial charge in [0.1, 0.15) is 6.61 Å². The smallest absolute Gasteiger partial charge is 0.297 e. The van der Waals surface area contributed by atoms with Gasteiger partial charge in [0, 0.05) is 14.1 Å². The molecule has 0 saturated heterocycles. The molecule has 31 heavy (non-hydrogen) atoms. The van der Waals surface area contributed by atoms with E-state index in [9.17, 15) is 4.79 Å². The highest BCUT2D eigenvalue weighted by Crippen LogP contribution is 2.21. The number of imidazole rings is 1. The third-order valence-corrected chi connectivity index (χ3v) is 5.51. The van der Waals surface area contributed by atoms with Gasteiger partial charge in [-0.05, 0) is 37.6 Å². The summed E-state index contributed by atoms with van der Waals surface area (Å²) in [6, 6.07) is 14.0. The SMILES string of the molecule is CC[C@@H](COc1nc2ccccc2n1C)N(C)C(=O)c1cc(C)ccc1-n1nccn1. The summed E-state index contributed by atoms with van der Waals surface area (Å²) >= 11 is 0. The lowest BCUT2D eigenvalue weighted by atomic mass is 10.1. The van der Waals surface area contributed by atoms with Crippen LogP contribution in [0.15, 0.2) is 54.9 Å². The van der Waals surface area contributed by atoms with Crippen molar-refractivity contribution in [3.8, 4) is 11.7 Å². The van der Waals surface area contributed by atoms with Crippen LogP contribution in [0.5, 0.6) is 6.01 Å². The predicted molar refractivity (Wildman–Crippen MR) is 118 cm³/mol. The largest absolute Gasteiger partial charge is 0.462 e. The van der Waals surface area contributed by atoms with Crippen molar-refractivity contribution in [2.75, 3.05) is 13.7 Å². The second-order valence-corrected chi connectivity index (χ2v) is 7.57. The van der Waals surface area contributed by atoms with Crippen molar-refractivity contribution in [1.82, 2.24) is 29.4 Å². The molecule has 1 amide bonds. The van der Waals surface area contributed by atoms with E-state index in [0.717, 1.165) is 23.0 Å². The van der Waals surface area contributed by atoms with Crippen LogP contribution in [0.1, 0.15) is 29.3 Å². The average Bonchev–Trinajstić information content (AvgIpc) is 3.42. The molecule has 160 valence electrons. The van der Waals surface area contributed by atoms with Gasteiger partial charge >= 0.3 is 0 Å². The van der Waals surface area contributed by atoms with Crippen molar-refractivity contribution in [1.29, 1.82) is 0 Å². The molecule has 0 N–H and O–H groups in total. The maximum atomic E-state index is 13.4. The minimum Gasteiger partial charge on any atom is -0.462 e. The van der Waals surface area contributed by atoms with Crippen LogP contribution in [0, 0.1) is 6.92 Å². The number of hydrogen-bond acceptors (Lipinski definition) is 5. The summed E-state index contributed by atoms with van der Waals surface area (Å²) in [5.74, 6) is -0.101. The van der Waals surface area contributed by atoms with Crippen LogP contribution in [0.25, 0.3) is 16.7 Å². The number of carbonyl (C=O) groups is 1. The molecular weight excluding hydrogens is 392 g/mol. The lowest BCUT2D eigenvalue weighted by molar-refractivity contribution is 0.0663. The second-order valence-electron chi connectivity index (χ2n) is 7.57. The minimum absolute atomic E-state index is 0.101. The van der Waals surface area contributed by atoms with Crippen LogP contribution in [-0.4, -0.2) is 55.0 Å². The number of benzene rings is 2. The highest BCUT2D eigenvalue weighted by molar-refractivity contribution is 5.98. The van der Waals surface area contributed by atoms with Gasteiger partial charge < -0.3 is 9.64 Å². The fourth-order valence-corrected chi connectivity index (χ4v) is 3.62. The molecule has 4 aromatic rings. The Morgan fingerprint density at radius 1 is 1.16 bits per heavy atom. The van der Waals surface area contributed by atoms with Crippen LogP contribution in [0.2, 0.25) is 0 Å². The second kappa shape index (κ2) is 8.59. The molecule has 0 saturated carbocycles. The topological polar surface area (TPSA) is 78.1 Å². The standard InChI is InChI=1S/C23H26N6O2/c1-5-17(15-31-23-26-19-8-6-7-9-21(19)28(23)4)27(3)22(30)18-14-16(2)10-11-20(18)29-24-12-13-25-29/h6-14,17H,5,15H2,1-4H3/t17-/m0/s1. The molecule has 0 radical (unpaired) electrons. The van der Waals surface area contributed by atoms with Crippen molar-refractivity contribution >= 4 is 16.9 Å². The number of fused-ring (bicyclic) bond motifs is 1. The van der Waals surface area contributed by atoms with Gasteiger partial charge in [-0.2, -0.15) is 20.0 Å². The Hall–Kier alpha value is -3.68. The summed E-state index contributed by atoms with van der Waals surface area (Å²) in [5, 5.41) is 8.38. The molecule has 2 aromatic heterocycles. The third-order valence-electron chi connectivity index (χ3n) is 5.51. The van der Waals surface area contributed by atoms with E-state index in [4.69, 9.17) is 4.74 Å². The van der Waals surface area contributed by atoms with Crippen LogP contribution in [0.4, 0.5) is 0 Å². The molecule has 0 aliphatic rings. The molecule has 0 spiro atoms. The number of hydrogen-bond donors (Lipinski definition) is 0. The summed E-state index contributed by atoms with van der Waals surface area (Å²) in [4.78, 5) is 21.2. The summed E-state index contributed by atoms with van der Waals surface area (Å²) in [6.07, 6.45) is 3.93. The number of aromatic nitrogens is 5. The number of likely N-dealkylation sites (N-methyl/N-ethyl adjacent to an activating group) is 1. The van der Waals surface area contributed by atoms with E-state index in [1.165, 1.54) is 4.80 Å². The Bertz CT molecular complexity index is 1200. The lowest BCUT2D eigenvalue weighted by Gasteiger charge is -2.28. The van der Waals surface area contributed by atoms with Crippen molar-refractivity contribution in [3.63, 3.8) is 0 Å². The van der Waals surface area contributed by atoms with Crippen LogP contribution in [0.3, 0.4) is 0 Å². The monoisotopic (exact) mass is 418 g/mol. The first kappa shape index (κ1) is 20.6. The normalized spacial score (nSPS) is 12.1. The van der Waals surface area contributed by atoms with E-state index in [-0.39, 0.29) is 11.9 Å². The van der Waals surface area contributed by atoms with Gasteiger partial charge in [-0.1, -0.05) is 30.7 Å². The van der Waals surface area contributed by atoms with E-state index in [0.29, 0.717) is 23.9 Å². The molecule has 0 bridgehead atoms.